The van der Waals surface area contributed by atoms with Gasteiger partial charge in [-0.05, 0) is 133 Å². The molecular weight excluding hydrogens is 1170 g/mol. The first-order valence-corrected chi connectivity index (χ1v) is 43.6. The summed E-state index contributed by atoms with van der Waals surface area (Å²) in [4.78, 5) is 0. The Hall–Kier alpha value is -2.74. The Morgan fingerprint density at radius 2 is 0.474 bits per heavy atom. The first kappa shape index (κ1) is 101. The van der Waals surface area contributed by atoms with E-state index in [1.807, 2.05) is 60.7 Å². The highest BCUT2D eigenvalue weighted by atomic mass is 16.5. The Labute approximate surface area is 614 Å². The molecule has 572 valence electrons. The van der Waals surface area contributed by atoms with Crippen LogP contribution in [-0.2, 0) is 0 Å². The standard InChI is InChI=1S/C21H44.3C20H40.2C7H8O/c1-5-7-9-11-13-14-16-18-20-21(3,4)19-17-15-12-10-8-6-2;3*1-4-6-8-10-12-13-15-17-19-20(3)18-16-14-11-9-7-5-2;2*1-8-7-5-3-2-4-6-7/h5-20H2,1-4H3;19H,4-18H2,1-3H3;18H,4-17,19H2,1-3H3;3-19H2,1-2H3;2*2-6H,1H3/b;20-19-;20-18-;;;. The van der Waals surface area contributed by atoms with Crippen LogP contribution in [0.15, 0.2) is 96.1 Å². The zero-order chi connectivity index (χ0) is 72.1. The minimum absolute atomic E-state index is 0.590. The second kappa shape index (κ2) is 89.3. The molecule has 2 nitrogen and oxygen atoms in total. The van der Waals surface area contributed by atoms with Crippen molar-refractivity contribution in [2.75, 3.05) is 14.2 Å². The van der Waals surface area contributed by atoms with Crippen LogP contribution in [0.1, 0.15) is 481 Å². The van der Waals surface area contributed by atoms with E-state index in [1.54, 1.807) is 25.4 Å². The number of ether oxygens (including phenoxy) is 2. The summed E-state index contributed by atoms with van der Waals surface area (Å²) in [5.41, 5.74) is 5.36. The van der Waals surface area contributed by atoms with Gasteiger partial charge in [0.2, 0.25) is 0 Å². The van der Waals surface area contributed by atoms with E-state index < -0.39 is 0 Å². The van der Waals surface area contributed by atoms with Gasteiger partial charge in [-0.25, -0.2) is 0 Å². The lowest BCUT2D eigenvalue weighted by Crippen LogP contribution is -2.11. The van der Waals surface area contributed by atoms with Crippen molar-refractivity contribution in [2.24, 2.45) is 5.41 Å². The predicted molar refractivity (Wildman–Crippen MR) is 448 cm³/mol. The predicted octanol–water partition coefficient (Wildman–Crippen LogP) is 35.2. The second-order valence-corrected chi connectivity index (χ2v) is 30.4. The highest BCUT2D eigenvalue weighted by molar-refractivity contribution is 5.21. The first-order valence-electron chi connectivity index (χ1n) is 43.6. The first-order chi connectivity index (χ1) is 47.4. The Balaban J connectivity index is -0.000000550. The van der Waals surface area contributed by atoms with Gasteiger partial charge in [-0.2, -0.15) is 0 Å². The van der Waals surface area contributed by atoms with Gasteiger partial charge in [-0.1, -0.05) is 449 Å². The molecule has 0 fully saturated rings. The quantitative estimate of drug-likeness (QED) is 0.0485. The number of allylic oxidation sites excluding steroid dienone is 5. The van der Waals surface area contributed by atoms with E-state index in [1.165, 1.54) is 404 Å². The molecule has 0 amide bonds. The molecule has 0 aliphatic carbocycles. The summed E-state index contributed by atoms with van der Waals surface area (Å²) in [6.07, 6.45) is 92.7. The molecule has 2 heteroatoms. The van der Waals surface area contributed by atoms with Gasteiger partial charge in [0.05, 0.1) is 14.2 Å². The summed E-state index contributed by atoms with van der Waals surface area (Å²) in [5.74, 6) is 1.82. The summed E-state index contributed by atoms with van der Waals surface area (Å²) in [6.45, 7) is 32.2. The van der Waals surface area contributed by atoms with Crippen LogP contribution in [-0.4, -0.2) is 14.2 Å². The molecular formula is C95H180O2. The van der Waals surface area contributed by atoms with E-state index in [0.717, 1.165) is 11.5 Å². The molecule has 97 heavy (non-hydrogen) atoms. The van der Waals surface area contributed by atoms with Crippen LogP contribution in [0.2, 0.25) is 0 Å². The molecule has 0 atom stereocenters. The largest absolute Gasteiger partial charge is 0.497 e. The van der Waals surface area contributed by atoms with E-state index in [2.05, 4.69) is 102 Å². The molecule has 2 rings (SSSR count). The van der Waals surface area contributed by atoms with Crippen LogP contribution in [0.4, 0.5) is 0 Å². The van der Waals surface area contributed by atoms with Crippen LogP contribution in [0, 0.1) is 5.41 Å². The normalized spacial score (nSPS) is 11.2. The molecule has 0 radical (unpaired) electrons. The third-order valence-electron chi connectivity index (χ3n) is 19.6. The van der Waals surface area contributed by atoms with Gasteiger partial charge >= 0.3 is 0 Å². The number of benzene rings is 2. The zero-order valence-electron chi connectivity index (χ0n) is 69.3. The van der Waals surface area contributed by atoms with E-state index in [-0.39, 0.29) is 0 Å². The number of hydrogen-bond donors (Lipinski definition) is 0. The number of hydrogen-bond acceptors (Lipinski definition) is 2. The summed E-state index contributed by atoms with van der Waals surface area (Å²) < 4.78 is 9.83. The Kier molecular flexibility index (Phi) is 92.7. The van der Waals surface area contributed by atoms with Crippen molar-refractivity contribution in [3.05, 3.63) is 96.1 Å². The summed E-state index contributed by atoms with van der Waals surface area (Å²) in [5, 5.41) is 0. The van der Waals surface area contributed by atoms with Crippen molar-refractivity contribution in [1.29, 1.82) is 0 Å². The summed E-state index contributed by atoms with van der Waals surface area (Å²) >= 11 is 0. The average molecular weight is 1350 g/mol. The highest BCUT2D eigenvalue weighted by Gasteiger charge is 2.16. The Morgan fingerprint density at radius 1 is 0.278 bits per heavy atom. The van der Waals surface area contributed by atoms with Crippen LogP contribution in [0.5, 0.6) is 11.5 Å². The number of methoxy groups -OCH3 is 2. The van der Waals surface area contributed by atoms with Crippen LogP contribution in [0.3, 0.4) is 0 Å². The lowest BCUT2D eigenvalue weighted by Gasteiger charge is -2.24. The topological polar surface area (TPSA) is 18.5 Å². The zero-order valence-corrected chi connectivity index (χ0v) is 69.3. The molecule has 2 aromatic rings. The van der Waals surface area contributed by atoms with Gasteiger partial charge in [-0.15, -0.1) is 0 Å². The third kappa shape index (κ3) is 93.3. The molecule has 0 aliphatic heterocycles. The van der Waals surface area contributed by atoms with Crippen molar-refractivity contribution >= 4 is 0 Å². The van der Waals surface area contributed by atoms with Gasteiger partial charge in [0, 0.05) is 0 Å². The van der Waals surface area contributed by atoms with Crippen molar-refractivity contribution in [2.45, 2.75) is 481 Å². The maximum Gasteiger partial charge on any atom is 0.118 e. The van der Waals surface area contributed by atoms with Crippen molar-refractivity contribution in [1.82, 2.24) is 0 Å². The van der Waals surface area contributed by atoms with Crippen molar-refractivity contribution < 1.29 is 9.47 Å². The van der Waals surface area contributed by atoms with E-state index in [4.69, 9.17) is 9.47 Å². The van der Waals surface area contributed by atoms with Crippen molar-refractivity contribution in [3.63, 3.8) is 0 Å². The molecule has 0 heterocycles. The Bertz CT molecular complexity index is 1710. The van der Waals surface area contributed by atoms with Gasteiger partial charge in [0.25, 0.3) is 0 Å². The smallest absolute Gasteiger partial charge is 0.118 e. The highest BCUT2D eigenvalue weighted by Crippen LogP contribution is 2.31. The third-order valence-corrected chi connectivity index (χ3v) is 19.6. The molecule has 0 aliphatic rings. The average Bonchev–Trinajstić information content (AvgIpc) is 3.82. The minimum atomic E-state index is 0.590. The van der Waals surface area contributed by atoms with Crippen LogP contribution >= 0.6 is 0 Å². The van der Waals surface area contributed by atoms with Crippen molar-refractivity contribution in [3.8, 4) is 11.5 Å². The minimum Gasteiger partial charge on any atom is -0.497 e. The molecule has 0 aromatic heterocycles. The molecule has 0 saturated heterocycles. The molecule has 0 saturated carbocycles. The van der Waals surface area contributed by atoms with Gasteiger partial charge in [0.1, 0.15) is 11.5 Å². The van der Waals surface area contributed by atoms with Gasteiger partial charge in [0.15, 0.2) is 0 Å². The lowest BCUT2D eigenvalue weighted by atomic mass is 9.82. The maximum atomic E-state index is 4.91. The summed E-state index contributed by atoms with van der Waals surface area (Å²) in [6, 6.07) is 19.4. The molecule has 0 unspecified atom stereocenters. The van der Waals surface area contributed by atoms with Crippen LogP contribution in [0.25, 0.3) is 0 Å². The van der Waals surface area contributed by atoms with E-state index >= 15 is 0 Å². The number of unbranched alkanes of at least 4 members (excludes halogenated alkanes) is 48. The number of para-hydroxylation sites is 2. The molecule has 0 N–H and O–H groups in total. The monoisotopic (exact) mass is 1350 g/mol. The molecule has 0 bridgehead atoms. The van der Waals surface area contributed by atoms with Gasteiger partial charge < -0.3 is 9.47 Å². The fourth-order valence-corrected chi connectivity index (χ4v) is 12.6. The van der Waals surface area contributed by atoms with Gasteiger partial charge in [-0.3, -0.25) is 0 Å². The fraction of sp³-hybridized carbons (Fsp3) is 0.811. The maximum absolute atomic E-state index is 4.91. The second-order valence-electron chi connectivity index (χ2n) is 30.4. The SMILES string of the molecule is C=C(CCCCCCCC)CCCCCCCCCC.CCCCCCC/C=C(/C)CCCCCCCCCC.CCCCCCCCC/C=C(/C)CCCCCCCC.CCCCCCCCCCC(C)(C)CCCCCCCC.COc1ccccc1.COc1ccccc1. The molecule has 2 aromatic carbocycles. The lowest BCUT2D eigenvalue weighted by molar-refractivity contribution is 0.282. The van der Waals surface area contributed by atoms with E-state index in [0.29, 0.717) is 5.41 Å². The molecule has 0 spiro atoms. The van der Waals surface area contributed by atoms with Crippen LogP contribution < -0.4 is 9.47 Å². The fourth-order valence-electron chi connectivity index (χ4n) is 12.6. The summed E-state index contributed by atoms with van der Waals surface area (Å²) in [7, 11) is 3.32. The number of rotatable bonds is 64. The Morgan fingerprint density at radius 3 is 0.691 bits per heavy atom. The van der Waals surface area contributed by atoms with E-state index in [9.17, 15) is 0 Å².